The molecule has 0 fully saturated rings. The number of ketones is 2. The Morgan fingerprint density at radius 1 is 1.24 bits per heavy atom. The molecule has 2 atom stereocenters. The molecular weight excluding hydrogens is 212 g/mol. The molecule has 1 aliphatic rings. The van der Waals surface area contributed by atoms with Crippen LogP contribution in [0.3, 0.4) is 0 Å². The van der Waals surface area contributed by atoms with Gasteiger partial charge in [0, 0.05) is 24.7 Å². The van der Waals surface area contributed by atoms with Gasteiger partial charge >= 0.3 is 0 Å². The van der Waals surface area contributed by atoms with Gasteiger partial charge in [0.25, 0.3) is 0 Å². The third kappa shape index (κ3) is 4.10. The molecule has 0 spiro atoms. The monoisotopic (exact) mass is 236 g/mol. The lowest BCUT2D eigenvalue weighted by Crippen LogP contribution is -2.26. The summed E-state index contributed by atoms with van der Waals surface area (Å²) < 4.78 is 0. The van der Waals surface area contributed by atoms with Crippen molar-refractivity contribution in [3.63, 3.8) is 0 Å². The summed E-state index contributed by atoms with van der Waals surface area (Å²) in [6, 6.07) is 0. The molecule has 0 saturated carbocycles. The predicted octanol–water partition coefficient (Wildman–Crippen LogP) is 3.55. The molecule has 1 rings (SSSR count). The molecule has 0 aromatic rings. The molecule has 0 saturated heterocycles. The lowest BCUT2D eigenvalue weighted by Gasteiger charge is -2.22. The molecule has 17 heavy (non-hydrogen) atoms. The first-order valence-electron chi connectivity index (χ1n) is 6.63. The average Bonchev–Trinajstić information content (AvgIpc) is 2.23. The summed E-state index contributed by atoms with van der Waals surface area (Å²) >= 11 is 0. The maximum atomic E-state index is 12.1. The topological polar surface area (TPSA) is 34.1 Å². The minimum Gasteiger partial charge on any atom is -0.299 e. The highest BCUT2D eigenvalue weighted by molar-refractivity contribution is 5.90. The number of Topliss-reactive ketones (excluding diaryl/α,β-unsaturated/α-hetero) is 2. The summed E-state index contributed by atoms with van der Waals surface area (Å²) in [4.78, 5) is 24.1. The van der Waals surface area contributed by atoms with Gasteiger partial charge < -0.3 is 0 Å². The molecule has 0 radical (unpaired) electrons. The third-order valence-corrected chi connectivity index (χ3v) is 3.73. The molecule has 0 amide bonds. The molecule has 96 valence electrons. The summed E-state index contributed by atoms with van der Waals surface area (Å²) in [6.45, 7) is 8.06. The second kappa shape index (κ2) is 6.13. The zero-order valence-corrected chi connectivity index (χ0v) is 11.5. The second-order valence-electron chi connectivity index (χ2n) is 5.69. The van der Waals surface area contributed by atoms with Crippen LogP contribution in [-0.4, -0.2) is 11.6 Å². The molecule has 2 heteroatoms. The molecule has 0 aromatic carbocycles. The lowest BCUT2D eigenvalue weighted by atomic mass is 9.81. The van der Waals surface area contributed by atoms with Crippen LogP contribution in [0.25, 0.3) is 0 Å². The Bertz CT molecular complexity index is 326. The first kappa shape index (κ1) is 14.1. The van der Waals surface area contributed by atoms with Crippen LogP contribution in [-0.2, 0) is 9.59 Å². The van der Waals surface area contributed by atoms with Crippen molar-refractivity contribution in [1.29, 1.82) is 0 Å². The zero-order valence-electron chi connectivity index (χ0n) is 11.5. The number of hydrogen-bond acceptors (Lipinski definition) is 2. The Balaban J connectivity index is 2.90. The number of hydrogen-bond donors (Lipinski definition) is 0. The van der Waals surface area contributed by atoms with Gasteiger partial charge in [0.1, 0.15) is 11.6 Å². The van der Waals surface area contributed by atoms with Crippen molar-refractivity contribution in [3.8, 4) is 0 Å². The van der Waals surface area contributed by atoms with E-state index < -0.39 is 0 Å². The lowest BCUT2D eigenvalue weighted by molar-refractivity contribution is -0.130. The van der Waals surface area contributed by atoms with E-state index in [0.717, 1.165) is 18.4 Å². The standard InChI is InChI=1S/C15H24O2/c1-10(2)13-9-14(16)12(4)7-5-6-11(3)8-15(13)17/h6,10,12-13H,5,7-9H2,1-4H3/b11-6-/t12-,13+/m0/s1. The largest absolute Gasteiger partial charge is 0.299 e. The summed E-state index contributed by atoms with van der Waals surface area (Å²) in [5, 5.41) is 0. The molecule has 2 nitrogen and oxygen atoms in total. The smallest absolute Gasteiger partial charge is 0.140 e. The third-order valence-electron chi connectivity index (χ3n) is 3.73. The predicted molar refractivity (Wildman–Crippen MR) is 69.7 cm³/mol. The van der Waals surface area contributed by atoms with E-state index in [-0.39, 0.29) is 29.3 Å². The van der Waals surface area contributed by atoms with Gasteiger partial charge in [0.2, 0.25) is 0 Å². The van der Waals surface area contributed by atoms with Gasteiger partial charge in [-0.3, -0.25) is 9.59 Å². The van der Waals surface area contributed by atoms with Crippen molar-refractivity contribution >= 4 is 11.6 Å². The van der Waals surface area contributed by atoms with Crippen LogP contribution in [0.5, 0.6) is 0 Å². The van der Waals surface area contributed by atoms with Crippen molar-refractivity contribution in [1.82, 2.24) is 0 Å². The van der Waals surface area contributed by atoms with Crippen molar-refractivity contribution in [3.05, 3.63) is 11.6 Å². The Kier molecular flexibility index (Phi) is 5.10. The van der Waals surface area contributed by atoms with Crippen LogP contribution >= 0.6 is 0 Å². The fourth-order valence-electron chi connectivity index (χ4n) is 2.36. The maximum absolute atomic E-state index is 12.1. The molecule has 0 aromatic heterocycles. The van der Waals surface area contributed by atoms with Gasteiger partial charge in [-0.1, -0.05) is 32.4 Å². The molecule has 0 unspecified atom stereocenters. The highest BCUT2D eigenvalue weighted by Crippen LogP contribution is 2.25. The number of rotatable bonds is 1. The van der Waals surface area contributed by atoms with Crippen LogP contribution in [0.15, 0.2) is 11.6 Å². The fraction of sp³-hybridized carbons (Fsp3) is 0.733. The molecule has 0 N–H and O–H groups in total. The van der Waals surface area contributed by atoms with E-state index in [4.69, 9.17) is 0 Å². The summed E-state index contributed by atoms with van der Waals surface area (Å²) in [5.41, 5.74) is 1.15. The average molecular weight is 236 g/mol. The van der Waals surface area contributed by atoms with E-state index >= 15 is 0 Å². The van der Waals surface area contributed by atoms with E-state index in [9.17, 15) is 9.59 Å². The first-order valence-corrected chi connectivity index (χ1v) is 6.63. The Morgan fingerprint density at radius 2 is 1.88 bits per heavy atom. The fourth-order valence-corrected chi connectivity index (χ4v) is 2.36. The molecule has 0 heterocycles. The highest BCUT2D eigenvalue weighted by atomic mass is 16.1. The highest BCUT2D eigenvalue weighted by Gasteiger charge is 2.27. The van der Waals surface area contributed by atoms with Crippen LogP contribution in [0.1, 0.15) is 53.4 Å². The van der Waals surface area contributed by atoms with Gasteiger partial charge in [-0.15, -0.1) is 0 Å². The van der Waals surface area contributed by atoms with Crippen LogP contribution < -0.4 is 0 Å². The number of carbonyl (C=O) groups is 2. The molecule has 0 aliphatic heterocycles. The molecular formula is C15H24O2. The van der Waals surface area contributed by atoms with Crippen LogP contribution in [0.4, 0.5) is 0 Å². The van der Waals surface area contributed by atoms with Gasteiger partial charge in [-0.2, -0.15) is 0 Å². The maximum Gasteiger partial charge on any atom is 0.140 e. The summed E-state index contributed by atoms with van der Waals surface area (Å²) in [5.74, 6) is 0.740. The van der Waals surface area contributed by atoms with Crippen molar-refractivity contribution in [2.45, 2.75) is 53.4 Å². The van der Waals surface area contributed by atoms with E-state index in [0.29, 0.717) is 12.8 Å². The normalized spacial score (nSPS) is 31.2. The first-order chi connectivity index (χ1) is 7.91. The van der Waals surface area contributed by atoms with Gasteiger partial charge in [0.15, 0.2) is 0 Å². The number of carbonyl (C=O) groups excluding carboxylic acids is 2. The van der Waals surface area contributed by atoms with Gasteiger partial charge in [-0.25, -0.2) is 0 Å². The Hall–Kier alpha value is -0.920. The summed E-state index contributed by atoms with van der Waals surface area (Å²) in [7, 11) is 0. The van der Waals surface area contributed by atoms with Gasteiger partial charge in [0.05, 0.1) is 0 Å². The van der Waals surface area contributed by atoms with E-state index in [1.54, 1.807) is 0 Å². The molecule has 1 aliphatic carbocycles. The summed E-state index contributed by atoms with van der Waals surface area (Å²) in [6.07, 6.45) is 4.90. The minimum absolute atomic E-state index is 0.0891. The second-order valence-corrected chi connectivity index (χ2v) is 5.69. The van der Waals surface area contributed by atoms with Crippen molar-refractivity contribution in [2.24, 2.45) is 17.8 Å². The van der Waals surface area contributed by atoms with E-state index in [1.807, 2.05) is 27.7 Å². The Labute approximate surface area is 104 Å². The van der Waals surface area contributed by atoms with Crippen molar-refractivity contribution in [2.75, 3.05) is 0 Å². The minimum atomic E-state index is -0.0913. The van der Waals surface area contributed by atoms with Gasteiger partial charge in [-0.05, 0) is 25.7 Å². The molecule has 0 bridgehead atoms. The Morgan fingerprint density at radius 3 is 2.47 bits per heavy atom. The quantitative estimate of drug-likeness (QED) is 0.652. The van der Waals surface area contributed by atoms with E-state index in [1.165, 1.54) is 0 Å². The van der Waals surface area contributed by atoms with E-state index in [2.05, 4.69) is 6.08 Å². The van der Waals surface area contributed by atoms with Crippen LogP contribution in [0, 0.1) is 17.8 Å². The van der Waals surface area contributed by atoms with Crippen molar-refractivity contribution < 1.29 is 9.59 Å². The zero-order chi connectivity index (χ0) is 13.0. The number of allylic oxidation sites excluding steroid dienone is 2. The van der Waals surface area contributed by atoms with Crippen LogP contribution in [0.2, 0.25) is 0 Å². The SMILES string of the molecule is C/C1=C/CC[C@H](C)C(=O)C[C@H](C(C)C)C(=O)C1.